The Labute approximate surface area is 113 Å². The molecule has 1 aliphatic rings. The molecule has 0 fully saturated rings. The quantitative estimate of drug-likeness (QED) is 0.265. The number of hydrogen-bond donors (Lipinski definition) is 5. The van der Waals surface area contributed by atoms with Gasteiger partial charge in [-0.3, -0.25) is 13.7 Å². The second kappa shape index (κ2) is 4.57. The summed E-state index contributed by atoms with van der Waals surface area (Å²) in [5.74, 6) is -3.53. The monoisotopic (exact) mass is 352 g/mol. The molecule has 0 radical (unpaired) electrons. The van der Waals surface area contributed by atoms with Gasteiger partial charge >= 0.3 is 0 Å². The van der Waals surface area contributed by atoms with Gasteiger partial charge in [0.05, 0.1) is 0 Å². The molecule has 1 aliphatic carbocycles. The summed E-state index contributed by atoms with van der Waals surface area (Å²) >= 11 is 0. The Hall–Kier alpha value is -0.870. The molecular formula is C6H8O11S3. The maximum atomic E-state index is 11.0. The van der Waals surface area contributed by atoms with E-state index in [0.29, 0.717) is 0 Å². The van der Waals surface area contributed by atoms with Gasteiger partial charge in [-0.2, -0.15) is 25.3 Å². The largest absolute Gasteiger partial charge is 0.361 e. The lowest BCUT2D eigenvalue weighted by Gasteiger charge is -2.28. The SMILES string of the molecule is O=S(=O)(O)C1=CC(S(=O)(=O)O)C(O)(O)C=C1S(=O)(=O)O. The highest BCUT2D eigenvalue weighted by Gasteiger charge is 2.48. The van der Waals surface area contributed by atoms with Crippen LogP contribution < -0.4 is 0 Å². The van der Waals surface area contributed by atoms with E-state index in [9.17, 15) is 35.5 Å². The molecule has 0 spiro atoms. The topological polar surface area (TPSA) is 204 Å². The number of rotatable bonds is 3. The van der Waals surface area contributed by atoms with Gasteiger partial charge in [0, 0.05) is 0 Å². The Balaban J connectivity index is 3.77. The molecule has 0 amide bonds. The standard InChI is InChI=1S/C6H8O11S3/c7-6(8)2-4(19(12,13)14)3(18(9,10)11)1-5(6)20(15,16)17/h1-2,5,7-8H,(H,9,10,11)(H,12,13,14)(H,15,16,17). The zero-order valence-electron chi connectivity index (χ0n) is 9.14. The van der Waals surface area contributed by atoms with Crippen LogP contribution in [-0.4, -0.2) is 60.2 Å². The lowest BCUT2D eigenvalue weighted by molar-refractivity contribution is -0.113. The molecule has 0 aromatic carbocycles. The van der Waals surface area contributed by atoms with Crippen molar-refractivity contribution in [1.82, 2.24) is 0 Å². The van der Waals surface area contributed by atoms with Crippen molar-refractivity contribution in [2.75, 3.05) is 0 Å². The first-order valence-electron chi connectivity index (χ1n) is 4.38. The molecule has 11 nitrogen and oxygen atoms in total. The van der Waals surface area contributed by atoms with E-state index in [-0.39, 0.29) is 12.2 Å². The highest BCUT2D eigenvalue weighted by molar-refractivity contribution is 7.95. The zero-order valence-corrected chi connectivity index (χ0v) is 11.6. The van der Waals surface area contributed by atoms with Crippen molar-refractivity contribution in [1.29, 1.82) is 0 Å². The van der Waals surface area contributed by atoms with Crippen molar-refractivity contribution in [3.05, 3.63) is 22.0 Å². The Bertz CT molecular complexity index is 792. The van der Waals surface area contributed by atoms with E-state index in [1.165, 1.54) is 0 Å². The van der Waals surface area contributed by atoms with Gasteiger partial charge in [0.1, 0.15) is 9.81 Å². The Morgan fingerprint density at radius 3 is 1.55 bits per heavy atom. The van der Waals surface area contributed by atoms with Crippen molar-refractivity contribution >= 4 is 30.4 Å². The summed E-state index contributed by atoms with van der Waals surface area (Å²) in [6, 6.07) is 0. The summed E-state index contributed by atoms with van der Waals surface area (Å²) in [5.41, 5.74) is 0. The Morgan fingerprint density at radius 1 is 0.850 bits per heavy atom. The lowest BCUT2D eigenvalue weighted by atomic mass is 10.1. The first-order chi connectivity index (χ1) is 8.57. The molecule has 0 aromatic rings. The van der Waals surface area contributed by atoms with Gasteiger partial charge in [0.2, 0.25) is 5.79 Å². The summed E-state index contributed by atoms with van der Waals surface area (Å²) in [6.45, 7) is 0. The van der Waals surface area contributed by atoms with Crippen LogP contribution in [0.3, 0.4) is 0 Å². The molecule has 1 unspecified atom stereocenters. The van der Waals surface area contributed by atoms with Crippen molar-refractivity contribution in [2.45, 2.75) is 11.0 Å². The molecule has 116 valence electrons. The molecule has 0 saturated heterocycles. The van der Waals surface area contributed by atoms with Crippen LogP contribution in [0.1, 0.15) is 0 Å². The van der Waals surface area contributed by atoms with Gasteiger partial charge in [0.25, 0.3) is 30.4 Å². The van der Waals surface area contributed by atoms with Crippen LogP contribution in [0.15, 0.2) is 22.0 Å². The normalized spacial score (nSPS) is 23.9. The molecule has 5 N–H and O–H groups in total. The summed E-state index contributed by atoms with van der Waals surface area (Å²) in [4.78, 5) is -3.27. The zero-order chi connectivity index (χ0) is 16.1. The minimum Gasteiger partial charge on any atom is -0.361 e. The highest BCUT2D eigenvalue weighted by atomic mass is 32.2. The molecule has 0 heterocycles. The van der Waals surface area contributed by atoms with E-state index in [1.54, 1.807) is 0 Å². The summed E-state index contributed by atoms with van der Waals surface area (Å²) in [7, 11) is -16.0. The second-order valence-electron chi connectivity index (χ2n) is 3.71. The van der Waals surface area contributed by atoms with Crippen LogP contribution >= 0.6 is 0 Å². The highest BCUT2D eigenvalue weighted by Crippen LogP contribution is 2.33. The summed E-state index contributed by atoms with van der Waals surface area (Å²) in [6.07, 6.45) is -0.377. The van der Waals surface area contributed by atoms with Crippen molar-refractivity contribution < 1.29 is 49.1 Å². The molecule has 20 heavy (non-hydrogen) atoms. The average molecular weight is 352 g/mol. The first kappa shape index (κ1) is 17.2. The van der Waals surface area contributed by atoms with Crippen LogP contribution in [0.4, 0.5) is 0 Å². The first-order valence-corrected chi connectivity index (χ1v) is 8.76. The van der Waals surface area contributed by atoms with Crippen molar-refractivity contribution in [3.8, 4) is 0 Å². The minimum atomic E-state index is -5.35. The van der Waals surface area contributed by atoms with Crippen molar-refractivity contribution in [2.24, 2.45) is 0 Å². The predicted octanol–water partition coefficient (Wildman–Crippen LogP) is -2.52. The fraction of sp³-hybridized carbons (Fsp3) is 0.333. The van der Waals surface area contributed by atoms with E-state index in [1.807, 2.05) is 0 Å². The molecule has 0 aromatic heterocycles. The van der Waals surface area contributed by atoms with Crippen LogP contribution in [0.2, 0.25) is 0 Å². The number of aliphatic hydroxyl groups is 2. The van der Waals surface area contributed by atoms with E-state index in [0.717, 1.165) is 0 Å². The molecule has 1 atom stereocenters. The Morgan fingerprint density at radius 2 is 1.25 bits per heavy atom. The molecular weight excluding hydrogens is 344 g/mol. The molecule has 0 saturated carbocycles. The minimum absolute atomic E-state index is 0.131. The van der Waals surface area contributed by atoms with Gasteiger partial charge in [-0.05, 0) is 12.2 Å². The third kappa shape index (κ3) is 3.41. The molecule has 1 rings (SSSR count). The molecule has 0 bridgehead atoms. The maximum absolute atomic E-state index is 11.0. The molecule has 0 aliphatic heterocycles. The summed E-state index contributed by atoms with van der Waals surface area (Å²) in [5, 5.41) is 16.0. The Kier molecular flexibility index (Phi) is 3.92. The van der Waals surface area contributed by atoms with Gasteiger partial charge in [-0.25, -0.2) is 0 Å². The van der Waals surface area contributed by atoms with Gasteiger partial charge < -0.3 is 10.2 Å². The lowest BCUT2D eigenvalue weighted by Crippen LogP contribution is -2.47. The van der Waals surface area contributed by atoms with Crippen LogP contribution in [0, 0.1) is 0 Å². The van der Waals surface area contributed by atoms with Crippen LogP contribution in [0.25, 0.3) is 0 Å². The summed E-state index contributed by atoms with van der Waals surface area (Å²) < 4.78 is 91.8. The number of hydrogen-bond acceptors (Lipinski definition) is 8. The average Bonchev–Trinajstić information content (AvgIpc) is 2.09. The van der Waals surface area contributed by atoms with Crippen molar-refractivity contribution in [3.63, 3.8) is 0 Å². The van der Waals surface area contributed by atoms with E-state index in [2.05, 4.69) is 0 Å². The van der Waals surface area contributed by atoms with E-state index in [4.69, 9.17) is 13.7 Å². The maximum Gasteiger partial charge on any atom is 0.295 e. The second-order valence-corrected chi connectivity index (χ2v) is 8.03. The van der Waals surface area contributed by atoms with Gasteiger partial charge in [-0.1, -0.05) is 0 Å². The van der Waals surface area contributed by atoms with E-state index < -0.39 is 51.2 Å². The van der Waals surface area contributed by atoms with Crippen LogP contribution in [0.5, 0.6) is 0 Å². The molecule has 14 heteroatoms. The van der Waals surface area contributed by atoms with Gasteiger partial charge in [-0.15, -0.1) is 0 Å². The fourth-order valence-corrected chi connectivity index (χ4v) is 4.21. The van der Waals surface area contributed by atoms with Crippen LogP contribution in [-0.2, 0) is 30.4 Å². The predicted molar refractivity (Wildman–Crippen MR) is 61.8 cm³/mol. The fourth-order valence-electron chi connectivity index (χ4n) is 1.41. The van der Waals surface area contributed by atoms with E-state index >= 15 is 0 Å². The smallest absolute Gasteiger partial charge is 0.295 e. The third-order valence-corrected chi connectivity index (χ3v) is 5.24. The third-order valence-electron chi connectivity index (χ3n) is 2.18. The van der Waals surface area contributed by atoms with Gasteiger partial charge in [0.15, 0.2) is 5.25 Å².